The third-order valence-electron chi connectivity index (χ3n) is 3.27. The predicted molar refractivity (Wildman–Crippen MR) is 102 cm³/mol. The lowest BCUT2D eigenvalue weighted by Gasteiger charge is -1.98. The molecular formula is C17H11ClN2S3. The van der Waals surface area contributed by atoms with Crippen LogP contribution in [0.2, 0.25) is 5.02 Å². The van der Waals surface area contributed by atoms with Crippen LogP contribution in [0.15, 0.2) is 58.3 Å². The van der Waals surface area contributed by atoms with Crippen molar-refractivity contribution in [2.75, 3.05) is 0 Å². The molecule has 2 aromatic heterocycles. The van der Waals surface area contributed by atoms with E-state index in [1.165, 1.54) is 4.70 Å². The van der Waals surface area contributed by atoms with E-state index in [9.17, 15) is 0 Å². The minimum absolute atomic E-state index is 0.743. The normalized spacial score (nSPS) is 11.2. The molecule has 23 heavy (non-hydrogen) atoms. The van der Waals surface area contributed by atoms with E-state index in [4.69, 9.17) is 16.6 Å². The van der Waals surface area contributed by atoms with E-state index in [1.54, 1.807) is 34.4 Å². The van der Waals surface area contributed by atoms with E-state index in [0.717, 1.165) is 36.9 Å². The number of nitrogens with zero attached hydrogens (tertiary/aromatic N) is 2. The molecule has 2 nitrogen and oxygen atoms in total. The van der Waals surface area contributed by atoms with Gasteiger partial charge in [-0.15, -0.1) is 22.7 Å². The Labute approximate surface area is 151 Å². The SMILES string of the molecule is Clc1ccccc1-c1nc(CSc2nc3ccccc3s2)cs1. The summed E-state index contributed by atoms with van der Waals surface area (Å²) >= 11 is 11.3. The summed E-state index contributed by atoms with van der Waals surface area (Å²) in [5.41, 5.74) is 3.12. The van der Waals surface area contributed by atoms with Crippen molar-refractivity contribution in [2.24, 2.45) is 0 Å². The molecule has 0 bridgehead atoms. The average Bonchev–Trinajstić information content (AvgIpc) is 3.19. The fraction of sp³-hybridized carbons (Fsp3) is 0.0588. The van der Waals surface area contributed by atoms with Crippen molar-refractivity contribution in [1.29, 1.82) is 0 Å². The maximum absolute atomic E-state index is 6.24. The lowest BCUT2D eigenvalue weighted by Crippen LogP contribution is -1.82. The number of thioether (sulfide) groups is 1. The smallest absolute Gasteiger partial charge is 0.151 e. The van der Waals surface area contributed by atoms with Gasteiger partial charge in [0.1, 0.15) is 5.01 Å². The van der Waals surface area contributed by atoms with E-state index in [1.807, 2.05) is 42.5 Å². The minimum Gasteiger partial charge on any atom is -0.240 e. The molecule has 0 saturated carbocycles. The van der Waals surface area contributed by atoms with Crippen LogP contribution in [0.25, 0.3) is 20.8 Å². The molecule has 4 aromatic rings. The Balaban J connectivity index is 1.51. The van der Waals surface area contributed by atoms with E-state index in [-0.39, 0.29) is 0 Å². The molecule has 0 fully saturated rings. The molecule has 0 amide bonds. The molecule has 2 aromatic carbocycles. The first-order chi connectivity index (χ1) is 11.3. The molecule has 0 N–H and O–H groups in total. The molecule has 0 saturated heterocycles. The second-order valence-corrected chi connectivity index (χ2v) is 8.38. The first-order valence-electron chi connectivity index (χ1n) is 6.97. The predicted octanol–water partition coefficient (Wildman–Crippen LogP) is 6.37. The van der Waals surface area contributed by atoms with Gasteiger partial charge in [-0.25, -0.2) is 9.97 Å². The van der Waals surface area contributed by atoms with E-state index in [2.05, 4.69) is 16.4 Å². The van der Waals surface area contributed by atoms with Gasteiger partial charge in [-0.1, -0.05) is 53.7 Å². The topological polar surface area (TPSA) is 25.8 Å². The zero-order valence-corrected chi connectivity index (χ0v) is 15.1. The average molecular weight is 375 g/mol. The molecule has 0 atom stereocenters. The first-order valence-corrected chi connectivity index (χ1v) is 10.0. The summed E-state index contributed by atoms with van der Waals surface area (Å²) < 4.78 is 2.31. The van der Waals surface area contributed by atoms with Crippen molar-refractivity contribution in [3.63, 3.8) is 0 Å². The quantitative estimate of drug-likeness (QED) is 0.388. The van der Waals surface area contributed by atoms with Crippen molar-refractivity contribution in [2.45, 2.75) is 10.1 Å². The number of aromatic nitrogens is 2. The Morgan fingerprint density at radius 1 is 1.00 bits per heavy atom. The van der Waals surface area contributed by atoms with Crippen LogP contribution in [0.4, 0.5) is 0 Å². The summed E-state index contributed by atoms with van der Waals surface area (Å²) in [5, 5.41) is 3.81. The number of hydrogen-bond donors (Lipinski definition) is 0. The number of para-hydroxylation sites is 1. The van der Waals surface area contributed by atoms with Gasteiger partial charge < -0.3 is 0 Å². The Kier molecular flexibility index (Phi) is 4.35. The number of thiazole rings is 2. The maximum Gasteiger partial charge on any atom is 0.151 e. The van der Waals surface area contributed by atoms with Gasteiger partial charge in [-0.2, -0.15) is 0 Å². The Bertz CT molecular complexity index is 928. The van der Waals surface area contributed by atoms with Gasteiger partial charge >= 0.3 is 0 Å². The van der Waals surface area contributed by atoms with Crippen molar-refractivity contribution in [1.82, 2.24) is 9.97 Å². The fourth-order valence-corrected chi connectivity index (χ4v) is 5.39. The third kappa shape index (κ3) is 3.28. The van der Waals surface area contributed by atoms with Gasteiger partial charge in [-0.3, -0.25) is 0 Å². The fourth-order valence-electron chi connectivity index (χ4n) is 2.18. The summed E-state index contributed by atoms with van der Waals surface area (Å²) in [6.45, 7) is 0. The lowest BCUT2D eigenvalue weighted by molar-refractivity contribution is 1.22. The molecular weight excluding hydrogens is 364 g/mol. The zero-order valence-electron chi connectivity index (χ0n) is 11.9. The summed E-state index contributed by atoms with van der Waals surface area (Å²) in [4.78, 5) is 9.34. The molecule has 0 aliphatic heterocycles. The summed E-state index contributed by atoms with van der Waals surface area (Å²) in [6.07, 6.45) is 0. The van der Waals surface area contributed by atoms with E-state index >= 15 is 0 Å². The molecule has 0 radical (unpaired) electrons. The number of rotatable bonds is 4. The third-order valence-corrected chi connectivity index (χ3v) is 6.74. The maximum atomic E-state index is 6.24. The molecule has 4 rings (SSSR count). The molecule has 0 unspecified atom stereocenters. The van der Waals surface area contributed by atoms with Crippen LogP contribution < -0.4 is 0 Å². The number of halogens is 1. The Hall–Kier alpha value is -1.40. The van der Waals surface area contributed by atoms with Crippen LogP contribution in [0.5, 0.6) is 0 Å². The standard InChI is InChI=1S/C17H11ClN2S3/c18-13-6-2-1-5-12(13)16-19-11(9-21-16)10-22-17-20-14-7-3-4-8-15(14)23-17/h1-9H,10H2. The van der Waals surface area contributed by atoms with Gasteiger partial charge in [0.2, 0.25) is 0 Å². The summed E-state index contributed by atoms with van der Waals surface area (Å²) in [6, 6.07) is 16.0. The number of fused-ring (bicyclic) bond motifs is 1. The lowest BCUT2D eigenvalue weighted by atomic mass is 10.2. The van der Waals surface area contributed by atoms with Gasteiger partial charge in [0, 0.05) is 16.7 Å². The van der Waals surface area contributed by atoms with Crippen LogP contribution in [0.3, 0.4) is 0 Å². The largest absolute Gasteiger partial charge is 0.240 e. The van der Waals surface area contributed by atoms with Gasteiger partial charge in [0.25, 0.3) is 0 Å². The molecule has 2 heterocycles. The number of hydrogen-bond acceptors (Lipinski definition) is 5. The van der Waals surface area contributed by atoms with Crippen molar-refractivity contribution in [3.05, 3.63) is 64.6 Å². The highest BCUT2D eigenvalue weighted by Crippen LogP contribution is 2.34. The molecule has 0 aliphatic rings. The first kappa shape index (κ1) is 15.1. The molecule has 6 heteroatoms. The second kappa shape index (κ2) is 6.61. The monoisotopic (exact) mass is 374 g/mol. The second-order valence-electron chi connectivity index (χ2n) is 4.86. The van der Waals surface area contributed by atoms with Gasteiger partial charge in [-0.05, 0) is 18.2 Å². The summed E-state index contributed by atoms with van der Waals surface area (Å²) in [7, 11) is 0. The van der Waals surface area contributed by atoms with Gasteiger partial charge in [0.15, 0.2) is 4.34 Å². The van der Waals surface area contributed by atoms with E-state index in [0.29, 0.717) is 0 Å². The molecule has 114 valence electrons. The van der Waals surface area contributed by atoms with Crippen LogP contribution in [0.1, 0.15) is 5.69 Å². The van der Waals surface area contributed by atoms with Gasteiger partial charge in [0.05, 0.1) is 20.9 Å². The van der Waals surface area contributed by atoms with E-state index < -0.39 is 0 Å². The highest BCUT2D eigenvalue weighted by atomic mass is 35.5. The molecule has 0 aliphatic carbocycles. The number of benzene rings is 2. The van der Waals surface area contributed by atoms with Crippen molar-refractivity contribution >= 4 is 56.3 Å². The highest BCUT2D eigenvalue weighted by molar-refractivity contribution is 8.00. The zero-order chi connectivity index (χ0) is 15.6. The Morgan fingerprint density at radius 2 is 1.83 bits per heavy atom. The van der Waals surface area contributed by atoms with Crippen LogP contribution in [-0.4, -0.2) is 9.97 Å². The highest BCUT2D eigenvalue weighted by Gasteiger charge is 2.09. The Morgan fingerprint density at radius 3 is 2.70 bits per heavy atom. The molecule has 0 spiro atoms. The van der Waals surface area contributed by atoms with Crippen LogP contribution in [0, 0.1) is 0 Å². The van der Waals surface area contributed by atoms with Crippen LogP contribution in [-0.2, 0) is 5.75 Å². The minimum atomic E-state index is 0.743. The summed E-state index contributed by atoms with van der Waals surface area (Å²) in [5.74, 6) is 0.820. The van der Waals surface area contributed by atoms with Crippen LogP contribution >= 0.6 is 46.0 Å². The van der Waals surface area contributed by atoms with Crippen molar-refractivity contribution in [3.8, 4) is 10.6 Å². The van der Waals surface area contributed by atoms with Crippen molar-refractivity contribution < 1.29 is 0 Å².